The van der Waals surface area contributed by atoms with Crippen LogP contribution in [0.1, 0.15) is 25.8 Å². The number of benzene rings is 1. The molecule has 2 aromatic heterocycles. The van der Waals surface area contributed by atoms with Crippen LogP contribution >= 0.6 is 0 Å². The number of aromatic nitrogens is 3. The van der Waals surface area contributed by atoms with E-state index in [0.717, 1.165) is 23.5 Å². The molecule has 1 N–H and O–H groups in total. The first-order valence-corrected chi connectivity index (χ1v) is 10.5. The Morgan fingerprint density at radius 3 is 2.56 bits per heavy atom. The van der Waals surface area contributed by atoms with Crippen LogP contribution in [0.5, 0.6) is 0 Å². The van der Waals surface area contributed by atoms with Gasteiger partial charge in [0.1, 0.15) is 11.6 Å². The van der Waals surface area contributed by atoms with E-state index in [1.54, 1.807) is 6.20 Å². The number of hydrogen-bond donors (Lipinski definition) is 1. The van der Waals surface area contributed by atoms with Gasteiger partial charge in [0.2, 0.25) is 5.91 Å². The molecule has 2 heterocycles. The van der Waals surface area contributed by atoms with Gasteiger partial charge in [-0.1, -0.05) is 25.1 Å². The largest absolute Gasteiger partial charge is 0.353 e. The Bertz CT molecular complexity index is 903. The zero-order valence-corrected chi connectivity index (χ0v) is 16.4. The van der Waals surface area contributed by atoms with Gasteiger partial charge < -0.3 is 9.88 Å². The summed E-state index contributed by atoms with van der Waals surface area (Å²) in [6.07, 6.45) is 6.43. The Balaban J connectivity index is 1.83. The maximum absolute atomic E-state index is 12.6. The van der Waals surface area contributed by atoms with Gasteiger partial charge in [-0.25, -0.2) is 4.68 Å². The third-order valence-electron chi connectivity index (χ3n) is 4.29. The van der Waals surface area contributed by atoms with Gasteiger partial charge in [-0.05, 0) is 37.6 Å². The van der Waals surface area contributed by atoms with E-state index in [9.17, 15) is 9.00 Å². The first kappa shape index (κ1) is 19.1. The minimum Gasteiger partial charge on any atom is -0.353 e. The molecule has 0 bridgehead atoms. The van der Waals surface area contributed by atoms with Crippen LogP contribution in [0, 0.1) is 0 Å². The Hall–Kier alpha value is -2.67. The van der Waals surface area contributed by atoms with Gasteiger partial charge >= 0.3 is 0 Å². The predicted molar refractivity (Wildman–Crippen MR) is 108 cm³/mol. The lowest BCUT2D eigenvalue weighted by atomic mass is 10.3. The summed E-state index contributed by atoms with van der Waals surface area (Å²) in [4.78, 5) is 12.0. The summed E-state index contributed by atoms with van der Waals surface area (Å²) >= 11 is 0. The second-order valence-corrected chi connectivity index (χ2v) is 7.89. The van der Waals surface area contributed by atoms with Gasteiger partial charge in [0, 0.05) is 34.8 Å². The molecule has 0 aliphatic rings. The van der Waals surface area contributed by atoms with Gasteiger partial charge in [-0.15, -0.1) is 0 Å². The molecule has 0 aliphatic heterocycles. The Morgan fingerprint density at radius 1 is 1.19 bits per heavy atom. The van der Waals surface area contributed by atoms with Crippen molar-refractivity contribution in [1.82, 2.24) is 19.7 Å². The molecule has 0 saturated carbocycles. The quantitative estimate of drug-likeness (QED) is 0.649. The first-order valence-electron chi connectivity index (χ1n) is 8.98. The number of nitrogens with one attached hydrogen (secondary N) is 1. The summed E-state index contributed by atoms with van der Waals surface area (Å²) in [5, 5.41) is 7.36. The Kier molecular flexibility index (Phi) is 6.24. The van der Waals surface area contributed by atoms with Crippen LogP contribution in [0.4, 0.5) is 0 Å². The van der Waals surface area contributed by atoms with Crippen molar-refractivity contribution >= 4 is 16.7 Å². The SMILES string of the molecule is CC[C@@H](C)NC(=O)C[S@](=O)Cc1cnn(-c2ccccc2)c1-n1cccc1. The molecule has 0 unspecified atom stereocenters. The summed E-state index contributed by atoms with van der Waals surface area (Å²) in [5.41, 5.74) is 1.76. The van der Waals surface area contributed by atoms with Crippen molar-refractivity contribution in [3.63, 3.8) is 0 Å². The van der Waals surface area contributed by atoms with Crippen molar-refractivity contribution in [2.24, 2.45) is 0 Å². The Labute approximate surface area is 161 Å². The fraction of sp³-hybridized carbons (Fsp3) is 0.300. The second-order valence-electron chi connectivity index (χ2n) is 6.44. The van der Waals surface area contributed by atoms with E-state index < -0.39 is 10.8 Å². The van der Waals surface area contributed by atoms with E-state index in [4.69, 9.17) is 0 Å². The molecular weight excluding hydrogens is 360 g/mol. The zero-order chi connectivity index (χ0) is 19.2. The highest BCUT2D eigenvalue weighted by Gasteiger charge is 2.18. The minimum absolute atomic E-state index is 0.00796. The number of carbonyl (C=O) groups is 1. The minimum atomic E-state index is -1.31. The van der Waals surface area contributed by atoms with E-state index in [1.165, 1.54) is 0 Å². The topological polar surface area (TPSA) is 68.9 Å². The fourth-order valence-corrected chi connectivity index (χ4v) is 3.80. The number of amides is 1. The van der Waals surface area contributed by atoms with Crippen molar-refractivity contribution in [2.45, 2.75) is 32.1 Å². The molecule has 2 atom stereocenters. The van der Waals surface area contributed by atoms with E-state index in [1.807, 2.05) is 78.0 Å². The molecule has 3 aromatic rings. The molecule has 0 radical (unpaired) electrons. The van der Waals surface area contributed by atoms with Crippen LogP contribution in [-0.2, 0) is 21.3 Å². The van der Waals surface area contributed by atoms with Crippen molar-refractivity contribution in [1.29, 1.82) is 0 Å². The van der Waals surface area contributed by atoms with E-state index in [2.05, 4.69) is 10.4 Å². The van der Waals surface area contributed by atoms with E-state index in [0.29, 0.717) is 0 Å². The molecule has 1 amide bonds. The Morgan fingerprint density at radius 2 is 1.89 bits per heavy atom. The van der Waals surface area contributed by atoms with Crippen molar-refractivity contribution in [3.05, 3.63) is 66.6 Å². The van der Waals surface area contributed by atoms with E-state index >= 15 is 0 Å². The zero-order valence-electron chi connectivity index (χ0n) is 15.5. The first-order chi connectivity index (χ1) is 13.1. The summed E-state index contributed by atoms with van der Waals surface area (Å²) in [7, 11) is -1.31. The van der Waals surface area contributed by atoms with Crippen molar-refractivity contribution < 1.29 is 9.00 Å². The molecule has 0 aliphatic carbocycles. The van der Waals surface area contributed by atoms with E-state index in [-0.39, 0.29) is 23.5 Å². The second kappa shape index (κ2) is 8.81. The summed E-state index contributed by atoms with van der Waals surface area (Å²) in [5.74, 6) is 0.919. The highest BCUT2D eigenvalue weighted by atomic mass is 32.2. The van der Waals surface area contributed by atoms with Crippen LogP contribution < -0.4 is 5.32 Å². The van der Waals surface area contributed by atoms with Crippen LogP contribution in [-0.4, -0.2) is 36.3 Å². The van der Waals surface area contributed by atoms with Gasteiger partial charge in [-0.2, -0.15) is 5.10 Å². The molecule has 142 valence electrons. The molecular formula is C20H24N4O2S. The predicted octanol–water partition coefficient (Wildman–Crippen LogP) is 2.83. The molecule has 1 aromatic carbocycles. The molecule has 0 spiro atoms. The molecule has 7 heteroatoms. The highest BCUT2D eigenvalue weighted by Crippen LogP contribution is 2.21. The van der Waals surface area contributed by atoms with Gasteiger partial charge in [-0.3, -0.25) is 9.00 Å². The van der Waals surface area contributed by atoms with Gasteiger partial charge in [0.25, 0.3) is 0 Å². The average Bonchev–Trinajstić information content (AvgIpc) is 3.31. The third-order valence-corrected chi connectivity index (χ3v) is 5.51. The number of hydrogen-bond acceptors (Lipinski definition) is 3. The van der Waals surface area contributed by atoms with Gasteiger partial charge in [0.05, 0.1) is 17.6 Å². The van der Waals surface area contributed by atoms with Crippen LogP contribution in [0.3, 0.4) is 0 Å². The lowest BCUT2D eigenvalue weighted by Gasteiger charge is -2.12. The summed E-state index contributed by atoms with van der Waals surface area (Å²) in [6, 6.07) is 13.8. The average molecular weight is 385 g/mol. The molecule has 0 saturated heterocycles. The normalized spacial score (nSPS) is 13.3. The standard InChI is InChI=1S/C20H24N4O2S/c1-3-16(2)22-19(25)15-27(26)14-17-13-21-24(18-9-5-4-6-10-18)20(17)23-11-7-8-12-23/h4-13,16H,3,14-15H2,1-2H3,(H,22,25)/t16-,27-/m1/s1. The maximum Gasteiger partial charge on any atom is 0.232 e. The third kappa shape index (κ3) is 4.74. The van der Waals surface area contributed by atoms with Gasteiger partial charge in [0.15, 0.2) is 0 Å². The lowest BCUT2D eigenvalue weighted by molar-refractivity contribution is -0.119. The molecule has 6 nitrogen and oxygen atoms in total. The molecule has 3 rings (SSSR count). The monoisotopic (exact) mass is 384 g/mol. The van der Waals surface area contributed by atoms with Crippen molar-refractivity contribution in [3.8, 4) is 11.5 Å². The number of carbonyl (C=O) groups excluding carboxylic acids is 1. The van der Waals surface area contributed by atoms with Crippen LogP contribution in [0.2, 0.25) is 0 Å². The summed E-state index contributed by atoms with van der Waals surface area (Å²) < 4.78 is 16.3. The summed E-state index contributed by atoms with van der Waals surface area (Å²) in [6.45, 7) is 3.94. The highest BCUT2D eigenvalue weighted by molar-refractivity contribution is 7.84. The van der Waals surface area contributed by atoms with Crippen LogP contribution in [0.15, 0.2) is 61.1 Å². The smallest absolute Gasteiger partial charge is 0.232 e. The lowest BCUT2D eigenvalue weighted by Crippen LogP contribution is -2.35. The van der Waals surface area contributed by atoms with Crippen LogP contribution in [0.25, 0.3) is 11.5 Å². The molecule has 0 fully saturated rings. The number of nitrogens with zero attached hydrogens (tertiary/aromatic N) is 3. The maximum atomic E-state index is 12.6. The van der Waals surface area contributed by atoms with Crippen molar-refractivity contribution in [2.75, 3.05) is 5.75 Å². The number of para-hydroxylation sites is 1. The fourth-order valence-electron chi connectivity index (χ4n) is 2.78. The number of rotatable bonds is 8. The molecule has 27 heavy (non-hydrogen) atoms.